The first kappa shape index (κ1) is 16.7. The number of hydrogen-bond donors (Lipinski definition) is 0. The van der Waals surface area contributed by atoms with Gasteiger partial charge in [-0.05, 0) is 36.4 Å². The summed E-state index contributed by atoms with van der Waals surface area (Å²) in [5.41, 5.74) is 0. The summed E-state index contributed by atoms with van der Waals surface area (Å²) in [6.07, 6.45) is 0. The van der Waals surface area contributed by atoms with E-state index in [1.807, 2.05) is 29.2 Å². The van der Waals surface area contributed by atoms with Crippen LogP contribution in [0.2, 0.25) is 0 Å². The Morgan fingerprint density at radius 1 is 1.12 bits per heavy atom. The molecule has 1 aromatic carbocycles. The van der Waals surface area contributed by atoms with E-state index in [4.69, 9.17) is 4.74 Å². The van der Waals surface area contributed by atoms with Crippen molar-refractivity contribution >= 4 is 27.7 Å². The predicted octanol–water partition coefficient (Wildman–Crippen LogP) is 2.71. The predicted molar refractivity (Wildman–Crippen MR) is 92.6 cm³/mol. The largest absolute Gasteiger partial charge is 0.484 e. The average Bonchev–Trinajstić information content (AvgIpc) is 2.61. The maximum atomic E-state index is 13.2. The van der Waals surface area contributed by atoms with E-state index in [1.54, 1.807) is 17.0 Å². The number of aromatic nitrogens is 1. The van der Waals surface area contributed by atoms with Gasteiger partial charge in [0.1, 0.15) is 11.6 Å². The molecular weight excluding hydrogens is 377 g/mol. The van der Waals surface area contributed by atoms with Crippen molar-refractivity contribution in [3.8, 4) is 5.75 Å². The number of rotatable bonds is 4. The summed E-state index contributed by atoms with van der Waals surface area (Å²) in [4.78, 5) is 19.8. The third-order valence-electron chi connectivity index (χ3n) is 3.83. The molecular formula is C17H17BrFN3O2. The Hall–Kier alpha value is -2.15. The highest BCUT2D eigenvalue weighted by molar-refractivity contribution is 9.10. The number of anilines is 1. The number of carbonyl (C=O) groups excluding carboxylic acids is 1. The summed E-state index contributed by atoms with van der Waals surface area (Å²) >= 11 is 3.35. The van der Waals surface area contributed by atoms with Gasteiger partial charge in [0.15, 0.2) is 6.61 Å². The van der Waals surface area contributed by atoms with Gasteiger partial charge >= 0.3 is 0 Å². The van der Waals surface area contributed by atoms with Crippen LogP contribution in [0.4, 0.5) is 10.2 Å². The van der Waals surface area contributed by atoms with Crippen LogP contribution in [0.15, 0.2) is 46.9 Å². The Balaban J connectivity index is 1.49. The molecule has 126 valence electrons. The van der Waals surface area contributed by atoms with Crippen LogP contribution in [0.5, 0.6) is 5.75 Å². The zero-order valence-corrected chi connectivity index (χ0v) is 14.6. The van der Waals surface area contributed by atoms with E-state index in [-0.39, 0.29) is 12.5 Å². The number of halogens is 2. The summed E-state index contributed by atoms with van der Waals surface area (Å²) in [7, 11) is 0. The van der Waals surface area contributed by atoms with Crippen LogP contribution in [0, 0.1) is 5.95 Å². The molecule has 2 aromatic rings. The van der Waals surface area contributed by atoms with Crippen LogP contribution in [-0.4, -0.2) is 48.6 Å². The molecule has 1 amide bonds. The van der Waals surface area contributed by atoms with Crippen LogP contribution in [0.25, 0.3) is 0 Å². The van der Waals surface area contributed by atoms with Gasteiger partial charge in [-0.1, -0.05) is 22.0 Å². The number of piperazine rings is 1. The van der Waals surface area contributed by atoms with Gasteiger partial charge in [-0.3, -0.25) is 4.79 Å². The number of ether oxygens (including phenoxy) is 1. The minimum absolute atomic E-state index is 0.0137. The Kier molecular flexibility index (Phi) is 5.30. The first-order valence-electron chi connectivity index (χ1n) is 7.65. The SMILES string of the molecule is O=C(COc1ccc(Br)cc1)N1CCN(c2cccc(F)n2)CC1. The third-order valence-corrected chi connectivity index (χ3v) is 4.36. The summed E-state index contributed by atoms with van der Waals surface area (Å²) in [6.45, 7) is 2.41. The van der Waals surface area contributed by atoms with Crippen molar-refractivity contribution in [2.24, 2.45) is 0 Å². The molecule has 0 bridgehead atoms. The summed E-state index contributed by atoms with van der Waals surface area (Å²) in [5, 5.41) is 0. The molecule has 0 saturated carbocycles. The van der Waals surface area contributed by atoms with Crippen molar-refractivity contribution in [1.82, 2.24) is 9.88 Å². The molecule has 0 atom stereocenters. The number of amides is 1. The molecule has 1 aliphatic rings. The van der Waals surface area contributed by atoms with Gasteiger partial charge in [-0.2, -0.15) is 4.39 Å². The van der Waals surface area contributed by atoms with Crippen LogP contribution in [-0.2, 0) is 4.79 Å². The zero-order chi connectivity index (χ0) is 16.9. The second-order valence-electron chi connectivity index (χ2n) is 5.43. The topological polar surface area (TPSA) is 45.7 Å². The molecule has 7 heteroatoms. The number of hydrogen-bond acceptors (Lipinski definition) is 4. The van der Waals surface area contributed by atoms with Crippen molar-refractivity contribution in [3.63, 3.8) is 0 Å². The molecule has 24 heavy (non-hydrogen) atoms. The molecule has 0 N–H and O–H groups in total. The quantitative estimate of drug-likeness (QED) is 0.749. The van der Waals surface area contributed by atoms with E-state index < -0.39 is 5.95 Å². The van der Waals surface area contributed by atoms with Crippen LogP contribution < -0.4 is 9.64 Å². The molecule has 3 rings (SSSR count). The maximum absolute atomic E-state index is 13.2. The molecule has 0 unspecified atom stereocenters. The Labute approximate surface area is 148 Å². The summed E-state index contributed by atoms with van der Waals surface area (Å²) in [5.74, 6) is 0.723. The van der Waals surface area contributed by atoms with Crippen molar-refractivity contribution in [2.75, 3.05) is 37.7 Å². The molecule has 1 fully saturated rings. The average molecular weight is 394 g/mol. The van der Waals surface area contributed by atoms with Crippen LogP contribution in [0.3, 0.4) is 0 Å². The standard InChI is InChI=1S/C17H17BrFN3O2/c18-13-4-6-14(7-5-13)24-12-17(23)22-10-8-21(9-11-22)16-3-1-2-15(19)20-16/h1-7H,8-12H2. The maximum Gasteiger partial charge on any atom is 0.260 e. The highest BCUT2D eigenvalue weighted by Crippen LogP contribution is 2.17. The fraction of sp³-hybridized carbons (Fsp3) is 0.294. The lowest BCUT2D eigenvalue weighted by Gasteiger charge is -2.35. The third kappa shape index (κ3) is 4.23. The number of nitrogens with zero attached hydrogens (tertiary/aromatic N) is 3. The molecule has 0 aliphatic carbocycles. The minimum Gasteiger partial charge on any atom is -0.484 e. The van der Waals surface area contributed by atoms with E-state index in [0.29, 0.717) is 37.7 Å². The lowest BCUT2D eigenvalue weighted by Crippen LogP contribution is -2.50. The molecule has 2 heterocycles. The monoisotopic (exact) mass is 393 g/mol. The van der Waals surface area contributed by atoms with Crippen LogP contribution >= 0.6 is 15.9 Å². The first-order valence-corrected chi connectivity index (χ1v) is 8.45. The van der Waals surface area contributed by atoms with E-state index >= 15 is 0 Å². The van der Waals surface area contributed by atoms with Crippen molar-refractivity contribution in [3.05, 3.63) is 52.9 Å². The minimum atomic E-state index is -0.492. The van der Waals surface area contributed by atoms with Gasteiger partial charge < -0.3 is 14.5 Å². The van der Waals surface area contributed by atoms with E-state index in [1.165, 1.54) is 6.07 Å². The highest BCUT2D eigenvalue weighted by Gasteiger charge is 2.22. The fourth-order valence-corrected chi connectivity index (χ4v) is 2.79. The Bertz CT molecular complexity index is 703. The lowest BCUT2D eigenvalue weighted by molar-refractivity contribution is -0.133. The first-order chi connectivity index (χ1) is 11.6. The van der Waals surface area contributed by atoms with Gasteiger partial charge in [0.2, 0.25) is 5.95 Å². The molecule has 1 aliphatic heterocycles. The number of benzene rings is 1. The van der Waals surface area contributed by atoms with Crippen LogP contribution in [0.1, 0.15) is 0 Å². The molecule has 0 radical (unpaired) electrons. The number of pyridine rings is 1. The van der Waals surface area contributed by atoms with Crippen molar-refractivity contribution in [2.45, 2.75) is 0 Å². The van der Waals surface area contributed by atoms with Gasteiger partial charge in [-0.15, -0.1) is 0 Å². The van der Waals surface area contributed by atoms with Gasteiger partial charge in [0.25, 0.3) is 5.91 Å². The van der Waals surface area contributed by atoms with Gasteiger partial charge in [0, 0.05) is 30.7 Å². The second-order valence-corrected chi connectivity index (χ2v) is 6.34. The molecule has 0 spiro atoms. The lowest BCUT2D eigenvalue weighted by atomic mass is 10.3. The van der Waals surface area contributed by atoms with Crippen molar-refractivity contribution in [1.29, 1.82) is 0 Å². The summed E-state index contributed by atoms with van der Waals surface area (Å²) in [6, 6.07) is 12.1. The Morgan fingerprint density at radius 2 is 1.83 bits per heavy atom. The van der Waals surface area contributed by atoms with Crippen molar-refractivity contribution < 1.29 is 13.9 Å². The van der Waals surface area contributed by atoms with Gasteiger partial charge in [-0.25, -0.2) is 4.98 Å². The Morgan fingerprint density at radius 3 is 2.50 bits per heavy atom. The number of carbonyl (C=O) groups is 1. The van der Waals surface area contributed by atoms with E-state index in [0.717, 1.165) is 4.47 Å². The van der Waals surface area contributed by atoms with Gasteiger partial charge in [0.05, 0.1) is 0 Å². The highest BCUT2D eigenvalue weighted by atomic mass is 79.9. The smallest absolute Gasteiger partial charge is 0.260 e. The molecule has 1 saturated heterocycles. The fourth-order valence-electron chi connectivity index (χ4n) is 2.53. The summed E-state index contributed by atoms with van der Waals surface area (Å²) < 4.78 is 19.7. The van der Waals surface area contributed by atoms with E-state index in [2.05, 4.69) is 20.9 Å². The second kappa shape index (κ2) is 7.61. The molecule has 5 nitrogen and oxygen atoms in total. The molecule has 1 aromatic heterocycles. The normalized spacial score (nSPS) is 14.6. The van der Waals surface area contributed by atoms with E-state index in [9.17, 15) is 9.18 Å². The zero-order valence-electron chi connectivity index (χ0n) is 13.0.